The molecule has 0 bridgehead atoms. The maximum Gasteiger partial charge on any atom is 0.221 e. The summed E-state index contributed by atoms with van der Waals surface area (Å²) in [6, 6.07) is 12.7. The molecule has 2 N–H and O–H groups in total. The Balaban J connectivity index is 1.60. The summed E-state index contributed by atoms with van der Waals surface area (Å²) in [6.45, 7) is 1.35. The van der Waals surface area contributed by atoms with Crippen molar-refractivity contribution in [3.05, 3.63) is 47.5 Å². The van der Waals surface area contributed by atoms with Crippen molar-refractivity contribution in [2.24, 2.45) is 0 Å². The molecule has 2 aromatic rings. The lowest BCUT2D eigenvalue weighted by molar-refractivity contribution is -0.120. The van der Waals surface area contributed by atoms with Crippen molar-refractivity contribution in [3.63, 3.8) is 0 Å². The van der Waals surface area contributed by atoms with Gasteiger partial charge in [0.05, 0.1) is 25.8 Å². The molecule has 140 valence electrons. The molecule has 1 amide bonds. The zero-order valence-corrected chi connectivity index (χ0v) is 15.6. The third-order valence-electron chi connectivity index (χ3n) is 3.59. The average molecular weight is 379 g/mol. The number of hydrogen-bond donors (Lipinski definition) is 2. The monoisotopic (exact) mass is 378 g/mol. The Bertz CT molecular complexity index is 707. The highest BCUT2D eigenvalue weighted by Gasteiger charge is 2.04. The van der Waals surface area contributed by atoms with Crippen LogP contribution >= 0.6 is 11.6 Å². The van der Waals surface area contributed by atoms with Crippen LogP contribution in [0.3, 0.4) is 0 Å². The highest BCUT2D eigenvalue weighted by atomic mass is 35.5. The normalized spacial score (nSPS) is 10.1. The zero-order chi connectivity index (χ0) is 18.8. The third kappa shape index (κ3) is 6.37. The number of hydrogen-bond acceptors (Lipinski definition) is 5. The maximum absolute atomic E-state index is 11.8. The van der Waals surface area contributed by atoms with Gasteiger partial charge in [-0.15, -0.1) is 0 Å². The summed E-state index contributed by atoms with van der Waals surface area (Å²) in [6.07, 6.45) is 0.353. The molecule has 0 aliphatic rings. The van der Waals surface area contributed by atoms with Gasteiger partial charge < -0.3 is 24.8 Å². The Morgan fingerprint density at radius 1 is 1.00 bits per heavy atom. The quantitative estimate of drug-likeness (QED) is 0.620. The first-order chi connectivity index (χ1) is 12.6. The molecule has 7 heteroatoms. The molecule has 0 radical (unpaired) electrons. The van der Waals surface area contributed by atoms with Gasteiger partial charge in [-0.3, -0.25) is 4.79 Å². The van der Waals surface area contributed by atoms with E-state index in [4.69, 9.17) is 25.8 Å². The summed E-state index contributed by atoms with van der Waals surface area (Å²) in [4.78, 5) is 11.8. The van der Waals surface area contributed by atoms with E-state index in [-0.39, 0.29) is 5.91 Å². The molecule has 0 atom stereocenters. The van der Waals surface area contributed by atoms with E-state index < -0.39 is 0 Å². The van der Waals surface area contributed by atoms with E-state index in [0.717, 1.165) is 17.2 Å². The van der Waals surface area contributed by atoms with Gasteiger partial charge >= 0.3 is 0 Å². The molecule has 26 heavy (non-hydrogen) atoms. The number of ether oxygens (including phenoxy) is 3. The predicted octanol–water partition coefficient (Wildman–Crippen LogP) is 3.35. The lowest BCUT2D eigenvalue weighted by atomic mass is 10.3. The lowest BCUT2D eigenvalue weighted by Gasteiger charge is -2.10. The van der Waals surface area contributed by atoms with Crippen molar-refractivity contribution in [2.75, 3.05) is 39.2 Å². The Kier molecular flexibility index (Phi) is 7.89. The number of carbonyl (C=O) groups is 1. The van der Waals surface area contributed by atoms with Crippen molar-refractivity contribution in [1.29, 1.82) is 0 Å². The van der Waals surface area contributed by atoms with Gasteiger partial charge in [-0.05, 0) is 42.5 Å². The van der Waals surface area contributed by atoms with E-state index >= 15 is 0 Å². The number of benzene rings is 2. The van der Waals surface area contributed by atoms with Crippen molar-refractivity contribution < 1.29 is 19.0 Å². The number of anilines is 1. The summed E-state index contributed by atoms with van der Waals surface area (Å²) in [5, 5.41) is 6.49. The highest BCUT2D eigenvalue weighted by molar-refractivity contribution is 6.32. The van der Waals surface area contributed by atoms with Crippen LogP contribution in [0.1, 0.15) is 6.42 Å². The summed E-state index contributed by atoms with van der Waals surface area (Å²) in [5.74, 6) is 2.08. The average Bonchev–Trinajstić information content (AvgIpc) is 2.66. The number of rotatable bonds is 10. The molecule has 0 aliphatic carbocycles. The first-order valence-corrected chi connectivity index (χ1v) is 8.61. The smallest absolute Gasteiger partial charge is 0.221 e. The number of halogens is 1. The van der Waals surface area contributed by atoms with E-state index in [0.29, 0.717) is 36.9 Å². The minimum absolute atomic E-state index is 0.0459. The highest BCUT2D eigenvalue weighted by Crippen LogP contribution is 2.27. The molecule has 0 saturated carbocycles. The molecule has 0 aromatic heterocycles. The van der Waals surface area contributed by atoms with E-state index in [2.05, 4.69) is 10.6 Å². The van der Waals surface area contributed by atoms with Crippen molar-refractivity contribution >= 4 is 23.2 Å². The molecule has 0 aliphatic heterocycles. The van der Waals surface area contributed by atoms with Crippen LogP contribution in [0, 0.1) is 0 Å². The SMILES string of the molecule is COc1ccc(OCCNC(=O)CCNc2ccc(OC)c(Cl)c2)cc1. The van der Waals surface area contributed by atoms with Gasteiger partial charge in [0.2, 0.25) is 5.91 Å². The first kappa shape index (κ1) is 19.7. The molecular formula is C19H23ClN2O4. The van der Waals surface area contributed by atoms with Crippen LogP contribution in [0.4, 0.5) is 5.69 Å². The van der Waals surface area contributed by atoms with E-state index in [1.807, 2.05) is 30.3 Å². The first-order valence-electron chi connectivity index (χ1n) is 8.23. The lowest BCUT2D eigenvalue weighted by Crippen LogP contribution is -2.29. The third-order valence-corrected chi connectivity index (χ3v) is 3.88. The predicted molar refractivity (Wildman–Crippen MR) is 103 cm³/mol. The minimum Gasteiger partial charge on any atom is -0.497 e. The van der Waals surface area contributed by atoms with Gasteiger partial charge in [0, 0.05) is 18.7 Å². The Labute approximate surface area is 158 Å². The maximum atomic E-state index is 11.8. The molecule has 0 unspecified atom stereocenters. The molecule has 2 rings (SSSR count). The van der Waals surface area contributed by atoms with E-state index in [1.165, 1.54) is 0 Å². The van der Waals surface area contributed by atoms with E-state index in [9.17, 15) is 4.79 Å². The summed E-state index contributed by atoms with van der Waals surface area (Å²) in [7, 11) is 3.18. The van der Waals surface area contributed by atoms with Gasteiger partial charge in [-0.2, -0.15) is 0 Å². The second-order valence-electron chi connectivity index (χ2n) is 5.40. The second kappa shape index (κ2) is 10.4. The van der Waals surface area contributed by atoms with Gasteiger partial charge in [-0.25, -0.2) is 0 Å². The van der Waals surface area contributed by atoms with Gasteiger partial charge in [0.15, 0.2) is 0 Å². The number of methoxy groups -OCH3 is 2. The van der Waals surface area contributed by atoms with Crippen LogP contribution < -0.4 is 24.8 Å². The fourth-order valence-electron chi connectivity index (χ4n) is 2.22. The Morgan fingerprint density at radius 2 is 1.73 bits per heavy atom. The molecular weight excluding hydrogens is 356 g/mol. The van der Waals surface area contributed by atoms with Crippen molar-refractivity contribution in [2.45, 2.75) is 6.42 Å². The van der Waals surface area contributed by atoms with Gasteiger partial charge in [-0.1, -0.05) is 11.6 Å². The molecule has 0 saturated heterocycles. The fraction of sp³-hybridized carbons (Fsp3) is 0.316. The summed E-state index contributed by atoms with van der Waals surface area (Å²) < 4.78 is 15.7. The zero-order valence-electron chi connectivity index (χ0n) is 14.9. The number of nitrogens with one attached hydrogen (secondary N) is 2. The Hall–Kier alpha value is -2.60. The molecule has 0 spiro atoms. The molecule has 2 aromatic carbocycles. The van der Waals surface area contributed by atoms with Crippen LogP contribution in [0.25, 0.3) is 0 Å². The van der Waals surface area contributed by atoms with Crippen LogP contribution in [-0.2, 0) is 4.79 Å². The van der Waals surface area contributed by atoms with Crippen LogP contribution in [0.15, 0.2) is 42.5 Å². The van der Waals surface area contributed by atoms with Crippen molar-refractivity contribution in [1.82, 2.24) is 5.32 Å². The second-order valence-corrected chi connectivity index (χ2v) is 5.81. The van der Waals surface area contributed by atoms with Crippen molar-refractivity contribution in [3.8, 4) is 17.2 Å². The summed E-state index contributed by atoms with van der Waals surface area (Å²) >= 11 is 6.06. The summed E-state index contributed by atoms with van der Waals surface area (Å²) in [5.41, 5.74) is 0.839. The minimum atomic E-state index is -0.0459. The fourth-order valence-corrected chi connectivity index (χ4v) is 2.47. The number of amides is 1. The van der Waals surface area contributed by atoms with Crippen LogP contribution in [0.2, 0.25) is 5.02 Å². The van der Waals surface area contributed by atoms with Gasteiger partial charge in [0.25, 0.3) is 0 Å². The van der Waals surface area contributed by atoms with Crippen LogP contribution in [-0.4, -0.2) is 39.8 Å². The number of carbonyl (C=O) groups excluding carboxylic acids is 1. The molecule has 6 nitrogen and oxygen atoms in total. The Morgan fingerprint density at radius 3 is 2.38 bits per heavy atom. The van der Waals surface area contributed by atoms with Gasteiger partial charge in [0.1, 0.15) is 23.9 Å². The molecule has 0 heterocycles. The van der Waals surface area contributed by atoms with E-state index in [1.54, 1.807) is 26.4 Å². The molecule has 0 fully saturated rings. The standard InChI is InChI=1S/C19H23ClN2O4/c1-24-15-4-6-16(7-5-15)26-12-11-22-19(23)9-10-21-14-3-8-18(25-2)17(20)13-14/h3-8,13,21H,9-12H2,1-2H3,(H,22,23). The van der Waals surface area contributed by atoms with Crippen LogP contribution in [0.5, 0.6) is 17.2 Å². The topological polar surface area (TPSA) is 68.8 Å². The largest absolute Gasteiger partial charge is 0.497 e.